The Labute approximate surface area is 157 Å². The lowest BCUT2D eigenvalue weighted by Crippen LogP contribution is -2.53. The van der Waals surface area contributed by atoms with E-state index in [9.17, 15) is 9.59 Å². The molecule has 1 aliphatic rings. The molecule has 0 spiro atoms. The highest BCUT2D eigenvalue weighted by Gasteiger charge is 2.31. The fraction of sp³-hybridized carbons (Fsp3) is 0.286. The van der Waals surface area contributed by atoms with Crippen LogP contribution in [0.2, 0.25) is 0 Å². The Morgan fingerprint density at radius 1 is 1.11 bits per heavy atom. The summed E-state index contributed by atoms with van der Waals surface area (Å²) in [6.45, 7) is 3.67. The largest absolute Gasteiger partial charge is 0.484 e. The van der Waals surface area contributed by atoms with Gasteiger partial charge in [-0.1, -0.05) is 30.3 Å². The van der Waals surface area contributed by atoms with Gasteiger partial charge in [-0.2, -0.15) is 5.10 Å². The number of benzene rings is 2. The first-order valence-corrected chi connectivity index (χ1v) is 9.02. The van der Waals surface area contributed by atoms with Gasteiger partial charge in [0.15, 0.2) is 6.61 Å². The summed E-state index contributed by atoms with van der Waals surface area (Å²) in [6.07, 6.45) is 0. The van der Waals surface area contributed by atoms with E-state index in [-0.39, 0.29) is 24.0 Å². The van der Waals surface area contributed by atoms with Crippen molar-refractivity contribution in [1.82, 2.24) is 14.7 Å². The smallest absolute Gasteiger partial charge is 0.266 e. The molecular formula is C21H21N3O3. The van der Waals surface area contributed by atoms with Crippen molar-refractivity contribution in [2.75, 3.05) is 19.7 Å². The predicted molar refractivity (Wildman–Crippen MR) is 103 cm³/mol. The standard InChI is InChI=1S/C21H21N3O3/c1-15-6-9-20(25)24(22-15)13-16-11-23(12-16)21(26)14-27-19-8-7-17-4-2-3-5-18(17)10-19/h2-10,16H,11-14H2,1H3. The predicted octanol–water partition coefficient (Wildman–Crippen LogP) is 2.24. The summed E-state index contributed by atoms with van der Waals surface area (Å²) in [7, 11) is 0. The van der Waals surface area contributed by atoms with Crippen LogP contribution in [0.1, 0.15) is 5.69 Å². The van der Waals surface area contributed by atoms with Crippen LogP contribution in [0.4, 0.5) is 0 Å². The number of nitrogens with zero attached hydrogens (tertiary/aromatic N) is 3. The molecule has 1 amide bonds. The maximum Gasteiger partial charge on any atom is 0.266 e. The van der Waals surface area contributed by atoms with Crippen LogP contribution in [0.3, 0.4) is 0 Å². The van der Waals surface area contributed by atoms with Gasteiger partial charge < -0.3 is 9.64 Å². The molecule has 2 aromatic carbocycles. The molecular weight excluding hydrogens is 342 g/mol. The number of fused-ring (bicyclic) bond motifs is 1. The van der Waals surface area contributed by atoms with Crippen molar-refractivity contribution >= 4 is 16.7 Å². The minimum Gasteiger partial charge on any atom is -0.484 e. The molecule has 0 saturated carbocycles. The molecule has 3 aromatic rings. The summed E-state index contributed by atoms with van der Waals surface area (Å²) in [5.41, 5.74) is 0.704. The second-order valence-electron chi connectivity index (χ2n) is 6.96. The number of carbonyl (C=O) groups is 1. The minimum atomic E-state index is -0.106. The zero-order chi connectivity index (χ0) is 18.8. The number of amides is 1. The third-order valence-electron chi connectivity index (χ3n) is 4.82. The van der Waals surface area contributed by atoms with E-state index in [0.717, 1.165) is 16.5 Å². The maximum absolute atomic E-state index is 12.3. The van der Waals surface area contributed by atoms with E-state index in [1.807, 2.05) is 49.4 Å². The average molecular weight is 363 g/mol. The number of hydrogen-bond donors (Lipinski definition) is 0. The first-order chi connectivity index (χ1) is 13.1. The lowest BCUT2D eigenvalue weighted by atomic mass is 10.0. The Bertz CT molecular complexity index is 1040. The average Bonchev–Trinajstić information content (AvgIpc) is 2.65. The van der Waals surface area contributed by atoms with Crippen LogP contribution in [-0.4, -0.2) is 40.3 Å². The fourth-order valence-corrected chi connectivity index (χ4v) is 3.31. The zero-order valence-electron chi connectivity index (χ0n) is 15.2. The van der Waals surface area contributed by atoms with Gasteiger partial charge in [0.1, 0.15) is 5.75 Å². The molecule has 1 saturated heterocycles. The van der Waals surface area contributed by atoms with Gasteiger partial charge in [-0.25, -0.2) is 4.68 Å². The number of carbonyl (C=O) groups excluding carboxylic acids is 1. The number of hydrogen-bond acceptors (Lipinski definition) is 4. The Morgan fingerprint density at radius 3 is 2.70 bits per heavy atom. The molecule has 0 bridgehead atoms. The van der Waals surface area contributed by atoms with Gasteiger partial charge in [-0.05, 0) is 35.9 Å². The van der Waals surface area contributed by atoms with E-state index < -0.39 is 0 Å². The molecule has 138 valence electrons. The van der Waals surface area contributed by atoms with E-state index in [2.05, 4.69) is 5.10 Å². The van der Waals surface area contributed by atoms with E-state index in [1.165, 1.54) is 10.7 Å². The van der Waals surface area contributed by atoms with Gasteiger partial charge >= 0.3 is 0 Å². The lowest BCUT2D eigenvalue weighted by molar-refractivity contribution is -0.140. The van der Waals surface area contributed by atoms with Gasteiger partial charge in [-0.15, -0.1) is 0 Å². The Morgan fingerprint density at radius 2 is 1.89 bits per heavy atom. The summed E-state index contributed by atoms with van der Waals surface area (Å²) in [5.74, 6) is 0.903. The molecule has 0 N–H and O–H groups in total. The Kier molecular flexibility index (Phi) is 4.62. The molecule has 6 heteroatoms. The fourth-order valence-electron chi connectivity index (χ4n) is 3.31. The molecule has 6 nitrogen and oxygen atoms in total. The highest BCUT2D eigenvalue weighted by Crippen LogP contribution is 2.21. The third kappa shape index (κ3) is 3.84. The molecule has 2 heterocycles. The van der Waals surface area contributed by atoms with Crippen molar-refractivity contribution in [3.63, 3.8) is 0 Å². The number of ether oxygens (including phenoxy) is 1. The molecule has 0 aliphatic carbocycles. The van der Waals surface area contributed by atoms with Crippen LogP contribution in [0.15, 0.2) is 59.4 Å². The van der Waals surface area contributed by atoms with E-state index in [4.69, 9.17) is 4.74 Å². The van der Waals surface area contributed by atoms with Crippen molar-refractivity contribution in [3.8, 4) is 5.75 Å². The molecule has 4 rings (SSSR count). The van der Waals surface area contributed by atoms with Crippen LogP contribution < -0.4 is 10.3 Å². The number of likely N-dealkylation sites (tertiary alicyclic amines) is 1. The molecule has 0 atom stereocenters. The summed E-state index contributed by atoms with van der Waals surface area (Å²) < 4.78 is 7.14. The van der Waals surface area contributed by atoms with E-state index in [0.29, 0.717) is 25.4 Å². The topological polar surface area (TPSA) is 64.4 Å². The zero-order valence-corrected chi connectivity index (χ0v) is 15.2. The summed E-state index contributed by atoms with van der Waals surface area (Å²) >= 11 is 0. The van der Waals surface area contributed by atoms with Crippen molar-refractivity contribution in [3.05, 3.63) is 70.6 Å². The second-order valence-corrected chi connectivity index (χ2v) is 6.96. The molecule has 1 fully saturated rings. The number of aryl methyl sites for hydroxylation is 1. The molecule has 27 heavy (non-hydrogen) atoms. The highest BCUT2D eigenvalue weighted by molar-refractivity contribution is 5.84. The lowest BCUT2D eigenvalue weighted by Gasteiger charge is -2.39. The molecule has 1 aromatic heterocycles. The van der Waals surface area contributed by atoms with Crippen molar-refractivity contribution in [2.24, 2.45) is 5.92 Å². The number of rotatable bonds is 5. The molecule has 0 unspecified atom stereocenters. The van der Waals surface area contributed by atoms with Gasteiger partial charge in [0, 0.05) is 25.1 Å². The second kappa shape index (κ2) is 7.23. The molecule has 0 radical (unpaired) electrons. The first kappa shape index (κ1) is 17.3. The van der Waals surface area contributed by atoms with Gasteiger partial charge in [0.05, 0.1) is 12.2 Å². The van der Waals surface area contributed by atoms with Crippen LogP contribution in [-0.2, 0) is 11.3 Å². The summed E-state index contributed by atoms with van der Waals surface area (Å²) in [6, 6.07) is 17.1. The van der Waals surface area contributed by atoms with Gasteiger partial charge in [-0.3, -0.25) is 9.59 Å². The van der Waals surface area contributed by atoms with Crippen molar-refractivity contribution in [1.29, 1.82) is 0 Å². The van der Waals surface area contributed by atoms with Gasteiger partial charge in [0.25, 0.3) is 11.5 Å². The normalized spacial score (nSPS) is 14.2. The van der Waals surface area contributed by atoms with Gasteiger partial charge in [0.2, 0.25) is 0 Å². The Hall–Kier alpha value is -3.15. The van der Waals surface area contributed by atoms with E-state index >= 15 is 0 Å². The van der Waals surface area contributed by atoms with Crippen molar-refractivity contribution < 1.29 is 9.53 Å². The molecule has 1 aliphatic heterocycles. The van der Waals surface area contributed by atoms with Crippen LogP contribution in [0, 0.1) is 12.8 Å². The highest BCUT2D eigenvalue weighted by atomic mass is 16.5. The SMILES string of the molecule is Cc1ccc(=O)n(CC2CN(C(=O)COc3ccc4ccccc4c3)C2)n1. The monoisotopic (exact) mass is 363 g/mol. The maximum atomic E-state index is 12.3. The summed E-state index contributed by atoms with van der Waals surface area (Å²) in [4.78, 5) is 25.9. The van der Waals surface area contributed by atoms with Crippen molar-refractivity contribution in [2.45, 2.75) is 13.5 Å². The number of aromatic nitrogens is 2. The van der Waals surface area contributed by atoms with Crippen LogP contribution >= 0.6 is 0 Å². The van der Waals surface area contributed by atoms with Crippen LogP contribution in [0.5, 0.6) is 5.75 Å². The first-order valence-electron chi connectivity index (χ1n) is 9.02. The quantitative estimate of drug-likeness (QED) is 0.697. The van der Waals surface area contributed by atoms with E-state index in [1.54, 1.807) is 11.0 Å². The minimum absolute atomic E-state index is 0.0215. The van der Waals surface area contributed by atoms with Crippen LogP contribution in [0.25, 0.3) is 10.8 Å². The third-order valence-corrected chi connectivity index (χ3v) is 4.82. The summed E-state index contributed by atoms with van der Waals surface area (Å²) in [5, 5.41) is 6.47. The Balaban J connectivity index is 1.28.